The highest BCUT2D eigenvalue weighted by Gasteiger charge is 2.08. The zero-order valence-corrected chi connectivity index (χ0v) is 11.3. The highest BCUT2D eigenvalue weighted by atomic mass is 32.2. The monoisotopic (exact) mass is 271 g/mol. The number of aliphatic hydroxyl groups excluding tert-OH is 1. The van der Waals surface area contributed by atoms with Gasteiger partial charge in [0.2, 0.25) is 0 Å². The van der Waals surface area contributed by atoms with Crippen LogP contribution in [0.1, 0.15) is 11.1 Å². The fourth-order valence-electron chi connectivity index (χ4n) is 1.91. The summed E-state index contributed by atoms with van der Waals surface area (Å²) in [4.78, 5) is 1.12. The summed E-state index contributed by atoms with van der Waals surface area (Å²) < 4.78 is 1.96. The number of hydrogen-bond donors (Lipinski definition) is 1. The fraction of sp³-hybridized carbons (Fsp3) is 0.143. The van der Waals surface area contributed by atoms with Crippen molar-refractivity contribution in [3.05, 3.63) is 53.7 Å². The second-order valence-corrected chi connectivity index (χ2v) is 5.28. The van der Waals surface area contributed by atoms with E-state index in [0.29, 0.717) is 0 Å². The van der Waals surface area contributed by atoms with Gasteiger partial charge in [0, 0.05) is 11.1 Å². The number of aliphatic hydroxyl groups is 1. The van der Waals surface area contributed by atoms with Gasteiger partial charge in [0.15, 0.2) is 10.8 Å². The Morgan fingerprint density at radius 1 is 1.21 bits per heavy atom. The molecule has 0 spiro atoms. The molecule has 0 atom stereocenters. The van der Waals surface area contributed by atoms with Crippen molar-refractivity contribution in [1.29, 1.82) is 0 Å². The molecule has 0 saturated carbocycles. The lowest BCUT2D eigenvalue weighted by Gasteiger charge is -2.05. The van der Waals surface area contributed by atoms with Crippen LogP contribution >= 0.6 is 11.8 Å². The molecule has 0 amide bonds. The molecule has 0 saturated heterocycles. The second kappa shape index (κ2) is 5.03. The van der Waals surface area contributed by atoms with E-state index in [1.165, 1.54) is 0 Å². The molecule has 4 nitrogen and oxygen atoms in total. The van der Waals surface area contributed by atoms with E-state index in [9.17, 15) is 0 Å². The van der Waals surface area contributed by atoms with Crippen LogP contribution in [0.3, 0.4) is 0 Å². The largest absolute Gasteiger partial charge is 0.392 e. The third-order valence-corrected chi connectivity index (χ3v) is 4.04. The van der Waals surface area contributed by atoms with Crippen molar-refractivity contribution in [3.63, 3.8) is 0 Å². The summed E-state index contributed by atoms with van der Waals surface area (Å²) in [6.07, 6.45) is 1.95. The van der Waals surface area contributed by atoms with E-state index in [1.807, 2.05) is 53.9 Å². The second-order valence-electron chi connectivity index (χ2n) is 4.27. The van der Waals surface area contributed by atoms with Crippen LogP contribution in [0.5, 0.6) is 0 Å². The minimum Gasteiger partial charge on any atom is -0.392 e. The normalized spacial score (nSPS) is 11.1. The number of rotatable bonds is 3. The van der Waals surface area contributed by atoms with Gasteiger partial charge in [-0.2, -0.15) is 0 Å². The first-order valence-corrected chi connectivity index (χ1v) is 6.77. The van der Waals surface area contributed by atoms with Gasteiger partial charge in [-0.25, -0.2) is 0 Å². The Bertz CT molecular complexity index is 724. The van der Waals surface area contributed by atoms with Gasteiger partial charge >= 0.3 is 0 Å². The van der Waals surface area contributed by atoms with Gasteiger partial charge in [-0.1, -0.05) is 18.2 Å². The van der Waals surface area contributed by atoms with E-state index in [1.54, 1.807) is 11.8 Å². The van der Waals surface area contributed by atoms with Crippen molar-refractivity contribution in [3.8, 4) is 0 Å². The molecule has 1 aromatic carbocycles. The maximum absolute atomic E-state index is 9.12. The van der Waals surface area contributed by atoms with Crippen molar-refractivity contribution in [2.75, 3.05) is 0 Å². The number of benzene rings is 1. The van der Waals surface area contributed by atoms with Crippen LogP contribution in [-0.4, -0.2) is 19.7 Å². The lowest BCUT2D eigenvalue weighted by Crippen LogP contribution is -1.89. The van der Waals surface area contributed by atoms with E-state index in [0.717, 1.165) is 26.8 Å². The van der Waals surface area contributed by atoms with Crippen LogP contribution in [-0.2, 0) is 6.61 Å². The van der Waals surface area contributed by atoms with E-state index >= 15 is 0 Å². The van der Waals surface area contributed by atoms with E-state index in [2.05, 4.69) is 10.2 Å². The summed E-state index contributed by atoms with van der Waals surface area (Å²) in [5, 5.41) is 18.3. The molecule has 3 aromatic rings. The molecule has 3 rings (SSSR count). The van der Waals surface area contributed by atoms with Crippen LogP contribution in [0, 0.1) is 6.92 Å². The van der Waals surface area contributed by atoms with Gasteiger partial charge in [-0.3, -0.25) is 4.40 Å². The zero-order chi connectivity index (χ0) is 13.2. The fourth-order valence-corrected chi connectivity index (χ4v) is 2.80. The smallest absolute Gasteiger partial charge is 0.200 e. The summed E-state index contributed by atoms with van der Waals surface area (Å²) in [7, 11) is 0. The third-order valence-electron chi connectivity index (χ3n) is 2.91. The minimum absolute atomic E-state index is 0.0691. The molecule has 0 fully saturated rings. The summed E-state index contributed by atoms with van der Waals surface area (Å²) >= 11 is 1.58. The molecule has 0 bridgehead atoms. The van der Waals surface area contributed by atoms with Gasteiger partial charge in [0.1, 0.15) is 0 Å². The lowest BCUT2D eigenvalue weighted by molar-refractivity contribution is 0.281. The summed E-state index contributed by atoms with van der Waals surface area (Å²) in [5.74, 6) is 0. The Morgan fingerprint density at radius 3 is 2.89 bits per heavy atom. The van der Waals surface area contributed by atoms with Crippen molar-refractivity contribution in [2.45, 2.75) is 23.6 Å². The molecular weight excluding hydrogens is 258 g/mol. The van der Waals surface area contributed by atoms with Crippen LogP contribution < -0.4 is 0 Å². The number of nitrogens with zero attached hydrogens (tertiary/aromatic N) is 3. The molecule has 0 aliphatic rings. The Balaban J connectivity index is 1.97. The average molecular weight is 271 g/mol. The van der Waals surface area contributed by atoms with E-state index < -0.39 is 0 Å². The molecule has 0 radical (unpaired) electrons. The summed E-state index contributed by atoms with van der Waals surface area (Å²) in [5.41, 5.74) is 2.90. The van der Waals surface area contributed by atoms with E-state index in [4.69, 9.17) is 5.11 Å². The van der Waals surface area contributed by atoms with Crippen LogP contribution in [0.4, 0.5) is 0 Å². The summed E-state index contributed by atoms with van der Waals surface area (Å²) in [6.45, 7) is 2.10. The molecule has 5 heteroatoms. The molecule has 96 valence electrons. The molecule has 0 aliphatic heterocycles. The molecule has 19 heavy (non-hydrogen) atoms. The maximum atomic E-state index is 9.12. The minimum atomic E-state index is 0.0691. The van der Waals surface area contributed by atoms with Crippen molar-refractivity contribution in [1.82, 2.24) is 14.6 Å². The average Bonchev–Trinajstić information content (AvgIpc) is 2.84. The summed E-state index contributed by atoms with van der Waals surface area (Å²) in [6, 6.07) is 11.8. The molecule has 0 aliphatic carbocycles. The number of aromatic nitrogens is 3. The first-order chi connectivity index (χ1) is 9.28. The quantitative estimate of drug-likeness (QED) is 0.795. The zero-order valence-electron chi connectivity index (χ0n) is 10.4. The van der Waals surface area contributed by atoms with Crippen LogP contribution in [0.25, 0.3) is 5.65 Å². The van der Waals surface area contributed by atoms with Crippen molar-refractivity contribution < 1.29 is 5.11 Å². The van der Waals surface area contributed by atoms with Gasteiger partial charge in [-0.15, -0.1) is 10.2 Å². The maximum Gasteiger partial charge on any atom is 0.200 e. The highest BCUT2D eigenvalue weighted by molar-refractivity contribution is 7.99. The molecule has 2 heterocycles. The lowest BCUT2D eigenvalue weighted by atomic mass is 10.1. The van der Waals surface area contributed by atoms with Gasteiger partial charge in [0.25, 0.3) is 0 Å². The Labute approximate surface area is 115 Å². The third kappa shape index (κ3) is 2.34. The predicted octanol–water partition coefficient (Wildman–Crippen LogP) is 2.68. The van der Waals surface area contributed by atoms with Crippen LogP contribution in [0.2, 0.25) is 0 Å². The molecule has 1 N–H and O–H groups in total. The number of fused-ring (bicyclic) bond motifs is 1. The van der Waals surface area contributed by atoms with Gasteiger partial charge in [0.05, 0.1) is 6.61 Å². The SMILES string of the molecule is Cc1cc(CO)ccc1Sc1nnc2ccccn12. The molecule has 0 unspecified atom stereocenters. The number of aryl methyl sites for hydroxylation is 1. The van der Waals surface area contributed by atoms with Gasteiger partial charge in [-0.05, 0) is 48.0 Å². The van der Waals surface area contributed by atoms with Crippen LogP contribution in [0.15, 0.2) is 52.6 Å². The van der Waals surface area contributed by atoms with Crippen molar-refractivity contribution >= 4 is 17.4 Å². The Kier molecular flexibility index (Phi) is 3.23. The Morgan fingerprint density at radius 2 is 2.11 bits per heavy atom. The highest BCUT2D eigenvalue weighted by Crippen LogP contribution is 2.29. The number of hydrogen-bond acceptors (Lipinski definition) is 4. The van der Waals surface area contributed by atoms with Crippen molar-refractivity contribution in [2.24, 2.45) is 0 Å². The Hall–Kier alpha value is -1.85. The number of pyridine rings is 1. The molecular formula is C14H13N3OS. The first kappa shape index (κ1) is 12.2. The standard InChI is InChI=1S/C14H13N3OS/c1-10-8-11(9-18)5-6-12(10)19-14-16-15-13-4-2-3-7-17(13)14/h2-8,18H,9H2,1H3. The predicted molar refractivity (Wildman–Crippen MR) is 74.2 cm³/mol. The van der Waals surface area contributed by atoms with E-state index in [-0.39, 0.29) is 6.61 Å². The first-order valence-electron chi connectivity index (χ1n) is 5.96. The van der Waals surface area contributed by atoms with Gasteiger partial charge < -0.3 is 5.11 Å². The topological polar surface area (TPSA) is 50.4 Å². The molecule has 2 aromatic heterocycles.